The third kappa shape index (κ3) is 4.71. The topological polar surface area (TPSA) is 104 Å². The third-order valence-corrected chi connectivity index (χ3v) is 6.15. The van der Waals surface area contributed by atoms with E-state index in [4.69, 9.17) is 4.74 Å². The van der Waals surface area contributed by atoms with E-state index in [0.717, 1.165) is 7.11 Å². The number of fused-ring (bicyclic) bond motifs is 1. The van der Waals surface area contributed by atoms with Crippen molar-refractivity contribution in [2.24, 2.45) is 7.05 Å². The van der Waals surface area contributed by atoms with E-state index in [2.05, 4.69) is 14.7 Å². The molecule has 0 aliphatic carbocycles. The van der Waals surface area contributed by atoms with Crippen LogP contribution >= 0.6 is 0 Å². The van der Waals surface area contributed by atoms with Gasteiger partial charge in [0, 0.05) is 32.8 Å². The average Bonchev–Trinajstić information content (AvgIpc) is 3.18. The van der Waals surface area contributed by atoms with Crippen LogP contribution < -0.4 is 4.74 Å². The number of ether oxygens (including phenoxy) is 2. The Labute approximate surface area is 199 Å². The zero-order chi connectivity index (χ0) is 25.3. The van der Waals surface area contributed by atoms with Gasteiger partial charge < -0.3 is 18.9 Å². The summed E-state index contributed by atoms with van der Waals surface area (Å²) in [5.41, 5.74) is -0.757. The van der Waals surface area contributed by atoms with Crippen LogP contribution in [0.5, 0.6) is 5.88 Å². The first kappa shape index (κ1) is 24.2. The fourth-order valence-corrected chi connectivity index (χ4v) is 4.21. The number of hydrogen-bond donors (Lipinski definition) is 0. The molecular weight excluding hydrogens is 462 g/mol. The van der Waals surface area contributed by atoms with Crippen LogP contribution in [0.2, 0.25) is 0 Å². The second-order valence-electron chi connectivity index (χ2n) is 8.47. The van der Waals surface area contributed by atoms with Crippen molar-refractivity contribution in [2.45, 2.75) is 24.9 Å². The smallest absolute Gasteiger partial charge is 0.379 e. The maximum atomic E-state index is 15.4. The summed E-state index contributed by atoms with van der Waals surface area (Å²) in [6.07, 6.45) is 1.68. The number of carbonyl (C=O) groups excluding carboxylic acids is 3. The van der Waals surface area contributed by atoms with Crippen LogP contribution in [0.15, 0.2) is 30.5 Å². The molecule has 0 N–H and O–H groups in total. The molecule has 0 saturated carbocycles. The van der Waals surface area contributed by atoms with Crippen molar-refractivity contribution in [3.05, 3.63) is 53.1 Å². The number of ketones is 1. The number of benzene rings is 1. The normalized spacial score (nSPS) is 15.2. The standard InChI is InChI=1S/C24H24F2N4O5/c1-29-13-16(19(31)23(33)35-3)17-20(29)28-21(34-2)18(27-17)22(32)30-10-8-24(26,9-11-30)12-14-4-6-15(25)7-5-14/h4-7,13H,8-12H2,1-3H3. The molecule has 2 aromatic heterocycles. The van der Waals surface area contributed by atoms with E-state index in [9.17, 15) is 18.8 Å². The number of halogens is 2. The number of Topliss-reactive ketones (excluding diaryl/α,β-unsaturated/α-hetero) is 1. The quantitative estimate of drug-likeness (QED) is 0.300. The summed E-state index contributed by atoms with van der Waals surface area (Å²) in [6, 6.07) is 5.69. The summed E-state index contributed by atoms with van der Waals surface area (Å²) in [7, 11) is 4.03. The number of nitrogens with zero attached hydrogens (tertiary/aromatic N) is 4. The van der Waals surface area contributed by atoms with Gasteiger partial charge in [0.15, 0.2) is 11.3 Å². The van der Waals surface area contributed by atoms with E-state index < -0.39 is 23.3 Å². The predicted molar refractivity (Wildman–Crippen MR) is 120 cm³/mol. The lowest BCUT2D eigenvalue weighted by molar-refractivity contribution is -0.135. The Morgan fingerprint density at radius 1 is 1.09 bits per heavy atom. The molecule has 1 amide bonds. The molecule has 1 aliphatic heterocycles. The molecule has 1 aromatic carbocycles. The fraction of sp³-hybridized carbons (Fsp3) is 0.375. The van der Waals surface area contributed by atoms with Crippen LogP contribution in [0.25, 0.3) is 11.2 Å². The van der Waals surface area contributed by atoms with Crippen LogP contribution in [0.3, 0.4) is 0 Å². The molecule has 9 nitrogen and oxygen atoms in total. The molecule has 4 rings (SSSR count). The number of aryl methyl sites for hydroxylation is 1. The van der Waals surface area contributed by atoms with Crippen LogP contribution in [-0.2, 0) is 23.0 Å². The lowest BCUT2D eigenvalue weighted by Gasteiger charge is -2.36. The van der Waals surface area contributed by atoms with Gasteiger partial charge in [-0.1, -0.05) is 12.1 Å². The van der Waals surface area contributed by atoms with Crippen LogP contribution in [0.1, 0.15) is 39.3 Å². The van der Waals surface area contributed by atoms with Crippen molar-refractivity contribution in [3.8, 4) is 5.88 Å². The lowest BCUT2D eigenvalue weighted by Crippen LogP contribution is -2.45. The largest absolute Gasteiger partial charge is 0.479 e. The van der Waals surface area contributed by atoms with Gasteiger partial charge in [-0.05, 0) is 30.5 Å². The Morgan fingerprint density at radius 3 is 2.34 bits per heavy atom. The number of alkyl halides is 1. The molecule has 184 valence electrons. The van der Waals surface area contributed by atoms with Crippen LogP contribution in [0, 0.1) is 5.82 Å². The minimum absolute atomic E-state index is 0.0517. The van der Waals surface area contributed by atoms with Crippen molar-refractivity contribution in [3.63, 3.8) is 0 Å². The van der Waals surface area contributed by atoms with E-state index in [1.165, 1.54) is 34.9 Å². The highest BCUT2D eigenvalue weighted by Gasteiger charge is 2.37. The summed E-state index contributed by atoms with van der Waals surface area (Å²) < 4.78 is 39.9. The van der Waals surface area contributed by atoms with Gasteiger partial charge >= 0.3 is 5.97 Å². The van der Waals surface area contributed by atoms with Crippen LogP contribution in [0.4, 0.5) is 8.78 Å². The molecule has 3 heterocycles. The SMILES string of the molecule is COC(=O)C(=O)c1cn(C)c2nc(OC)c(C(=O)N3CCC(F)(Cc4ccc(F)cc4)CC3)nc12. The Bertz CT molecular complexity index is 1300. The van der Waals surface area contributed by atoms with Crippen molar-refractivity contribution in [1.29, 1.82) is 0 Å². The molecule has 0 unspecified atom stereocenters. The maximum absolute atomic E-state index is 15.4. The molecule has 1 aliphatic rings. The van der Waals surface area contributed by atoms with E-state index in [1.807, 2.05) is 0 Å². The van der Waals surface area contributed by atoms with Gasteiger partial charge in [-0.3, -0.25) is 9.59 Å². The number of methoxy groups -OCH3 is 2. The number of carbonyl (C=O) groups is 3. The molecule has 0 atom stereocenters. The number of aromatic nitrogens is 3. The third-order valence-electron chi connectivity index (χ3n) is 6.15. The molecular formula is C24H24F2N4O5. The number of esters is 1. The van der Waals surface area contributed by atoms with Gasteiger partial charge in [-0.25, -0.2) is 18.6 Å². The maximum Gasteiger partial charge on any atom is 0.379 e. The molecule has 1 saturated heterocycles. The molecule has 0 bridgehead atoms. The molecule has 1 fully saturated rings. The highest BCUT2D eigenvalue weighted by molar-refractivity contribution is 6.42. The highest BCUT2D eigenvalue weighted by Crippen LogP contribution is 2.32. The van der Waals surface area contributed by atoms with E-state index >= 15 is 4.39 Å². The monoisotopic (exact) mass is 486 g/mol. The van der Waals surface area contributed by atoms with E-state index in [0.29, 0.717) is 5.56 Å². The fourth-order valence-electron chi connectivity index (χ4n) is 4.21. The van der Waals surface area contributed by atoms with Crippen molar-refractivity contribution in [2.75, 3.05) is 27.3 Å². The first-order valence-electron chi connectivity index (χ1n) is 10.9. The average molecular weight is 486 g/mol. The summed E-state index contributed by atoms with van der Waals surface area (Å²) in [5.74, 6) is -2.95. The number of piperidine rings is 1. The zero-order valence-electron chi connectivity index (χ0n) is 19.5. The number of rotatable bonds is 6. The number of likely N-dealkylation sites (tertiary alicyclic amines) is 1. The Hall–Kier alpha value is -3.89. The first-order valence-corrected chi connectivity index (χ1v) is 10.9. The summed E-state index contributed by atoms with van der Waals surface area (Å²) in [4.78, 5) is 47.6. The van der Waals surface area contributed by atoms with Gasteiger partial charge in [-0.2, -0.15) is 4.98 Å². The van der Waals surface area contributed by atoms with Gasteiger partial charge in [-0.15, -0.1) is 0 Å². The van der Waals surface area contributed by atoms with Crippen LogP contribution in [-0.4, -0.2) is 70.1 Å². The van der Waals surface area contributed by atoms with Crippen molar-refractivity contribution < 1.29 is 32.6 Å². The molecule has 35 heavy (non-hydrogen) atoms. The minimum atomic E-state index is -1.53. The molecule has 0 spiro atoms. The number of hydrogen-bond acceptors (Lipinski definition) is 7. The van der Waals surface area contributed by atoms with Gasteiger partial charge in [0.05, 0.1) is 19.8 Å². The zero-order valence-corrected chi connectivity index (χ0v) is 19.5. The van der Waals surface area contributed by atoms with Gasteiger partial charge in [0.25, 0.3) is 11.7 Å². The molecule has 11 heteroatoms. The first-order chi connectivity index (χ1) is 16.7. The Kier molecular flexibility index (Phi) is 6.51. The molecule has 3 aromatic rings. The summed E-state index contributed by atoms with van der Waals surface area (Å²) in [5, 5.41) is 0. The second-order valence-corrected chi connectivity index (χ2v) is 8.47. The summed E-state index contributed by atoms with van der Waals surface area (Å²) in [6.45, 7) is 0.254. The van der Waals surface area contributed by atoms with Gasteiger partial charge in [0.1, 0.15) is 17.0 Å². The lowest BCUT2D eigenvalue weighted by atomic mass is 9.87. The van der Waals surface area contributed by atoms with Crippen molar-refractivity contribution in [1.82, 2.24) is 19.4 Å². The summed E-state index contributed by atoms with van der Waals surface area (Å²) >= 11 is 0. The minimum Gasteiger partial charge on any atom is -0.479 e. The Balaban J connectivity index is 1.58. The van der Waals surface area contributed by atoms with E-state index in [1.54, 1.807) is 19.2 Å². The van der Waals surface area contributed by atoms with E-state index in [-0.39, 0.29) is 66.5 Å². The molecule has 0 radical (unpaired) electrons. The van der Waals surface area contributed by atoms with Gasteiger partial charge in [0.2, 0.25) is 5.88 Å². The second kappa shape index (κ2) is 9.40. The highest BCUT2D eigenvalue weighted by atomic mass is 19.1. The predicted octanol–water partition coefficient (Wildman–Crippen LogP) is 2.66. The Morgan fingerprint density at radius 2 is 1.74 bits per heavy atom. The van der Waals surface area contributed by atoms with Crippen molar-refractivity contribution >= 4 is 28.8 Å². The number of amides is 1.